The molecule has 1 saturated carbocycles. The van der Waals surface area contributed by atoms with Crippen LogP contribution in [0, 0.1) is 0 Å². The van der Waals surface area contributed by atoms with E-state index in [-0.39, 0.29) is 0 Å². The zero-order valence-corrected chi connectivity index (χ0v) is 14.6. The Labute approximate surface area is 146 Å². The Balaban J connectivity index is 1.49. The third-order valence-corrected chi connectivity index (χ3v) is 4.98. The van der Waals surface area contributed by atoms with E-state index in [1.54, 1.807) is 0 Å². The maximum absolute atomic E-state index is 5.95. The van der Waals surface area contributed by atoms with Crippen molar-refractivity contribution in [3.05, 3.63) is 65.7 Å². The molecule has 0 saturated heterocycles. The lowest BCUT2D eigenvalue weighted by Gasteiger charge is -2.18. The number of hydrogen-bond acceptors (Lipinski definition) is 1. The van der Waals surface area contributed by atoms with E-state index in [1.165, 1.54) is 56.1 Å². The van der Waals surface area contributed by atoms with Gasteiger partial charge in [0.25, 0.3) is 0 Å². The van der Waals surface area contributed by atoms with Crippen molar-refractivity contribution in [3.63, 3.8) is 0 Å². The summed E-state index contributed by atoms with van der Waals surface area (Å²) in [6.07, 6.45) is 9.85. The molecule has 2 aromatic carbocycles. The van der Waals surface area contributed by atoms with Crippen molar-refractivity contribution in [2.45, 2.75) is 64.1 Å². The van der Waals surface area contributed by atoms with Crippen LogP contribution in [0.4, 0.5) is 0 Å². The van der Waals surface area contributed by atoms with E-state index < -0.39 is 0 Å². The van der Waals surface area contributed by atoms with Gasteiger partial charge in [0, 0.05) is 5.56 Å². The quantitative estimate of drug-likeness (QED) is 0.835. The van der Waals surface area contributed by atoms with Crippen LogP contribution in [0.2, 0.25) is 0 Å². The van der Waals surface area contributed by atoms with Gasteiger partial charge < -0.3 is 10.1 Å². The topological polar surface area (TPSA) is 25.8 Å². The van der Waals surface area contributed by atoms with Gasteiger partial charge in [0.1, 0.15) is 18.9 Å². The average Bonchev–Trinajstić information content (AvgIpc) is 2.60. The summed E-state index contributed by atoms with van der Waals surface area (Å²) in [4.78, 5) is 0. The van der Waals surface area contributed by atoms with Crippen LogP contribution < -0.4 is 10.1 Å². The Morgan fingerprint density at radius 1 is 0.792 bits per heavy atom. The van der Waals surface area contributed by atoms with Crippen LogP contribution in [0.5, 0.6) is 5.75 Å². The fraction of sp³-hybridized carbons (Fsp3) is 0.455. The second-order valence-electron chi connectivity index (χ2n) is 6.97. The van der Waals surface area contributed by atoms with Crippen molar-refractivity contribution in [1.82, 2.24) is 0 Å². The van der Waals surface area contributed by atoms with Gasteiger partial charge in [0.15, 0.2) is 0 Å². The smallest absolute Gasteiger partial charge is 0.120 e. The van der Waals surface area contributed by atoms with E-state index in [2.05, 4.69) is 53.8 Å². The maximum Gasteiger partial charge on any atom is 0.120 e. The molecule has 0 bridgehead atoms. The van der Waals surface area contributed by atoms with Crippen LogP contribution in [0.3, 0.4) is 0 Å². The normalized spacial score (nSPS) is 16.3. The van der Waals surface area contributed by atoms with Gasteiger partial charge in [-0.05, 0) is 43.4 Å². The highest BCUT2D eigenvalue weighted by Gasteiger charge is 2.13. The predicted octanol–water partition coefficient (Wildman–Crippen LogP) is 4.44. The van der Waals surface area contributed by atoms with Crippen molar-refractivity contribution in [3.8, 4) is 5.75 Å². The summed E-state index contributed by atoms with van der Waals surface area (Å²) in [5, 5.41) is 2.54. The molecule has 1 aliphatic carbocycles. The van der Waals surface area contributed by atoms with Crippen LogP contribution in [-0.2, 0) is 13.2 Å². The number of quaternary nitrogens is 1. The highest BCUT2D eigenvalue weighted by Crippen LogP contribution is 2.17. The van der Waals surface area contributed by atoms with Crippen LogP contribution in [-0.4, -0.2) is 6.04 Å². The molecule has 2 nitrogen and oxygen atoms in total. The molecule has 128 valence electrons. The summed E-state index contributed by atoms with van der Waals surface area (Å²) in [5.74, 6) is 0.974. The SMILES string of the molecule is c1ccc(COc2cccc(C[NH2+]C3CCCCCCC3)c2)cc1. The summed E-state index contributed by atoms with van der Waals surface area (Å²) in [6, 6.07) is 19.7. The zero-order valence-electron chi connectivity index (χ0n) is 14.6. The molecular formula is C22H30NO+. The van der Waals surface area contributed by atoms with Gasteiger partial charge in [-0.2, -0.15) is 0 Å². The fourth-order valence-electron chi connectivity index (χ4n) is 3.53. The van der Waals surface area contributed by atoms with Gasteiger partial charge in [-0.1, -0.05) is 61.7 Å². The first-order chi connectivity index (χ1) is 11.9. The summed E-state index contributed by atoms with van der Waals surface area (Å²) < 4.78 is 5.95. The molecule has 0 heterocycles. The molecule has 0 radical (unpaired) electrons. The van der Waals surface area contributed by atoms with E-state index in [9.17, 15) is 0 Å². The van der Waals surface area contributed by atoms with E-state index >= 15 is 0 Å². The molecule has 1 aliphatic rings. The van der Waals surface area contributed by atoms with E-state index in [4.69, 9.17) is 4.74 Å². The molecule has 0 unspecified atom stereocenters. The molecule has 0 aliphatic heterocycles. The van der Waals surface area contributed by atoms with Crippen LogP contribution >= 0.6 is 0 Å². The van der Waals surface area contributed by atoms with Crippen molar-refractivity contribution < 1.29 is 10.1 Å². The zero-order chi connectivity index (χ0) is 16.5. The first kappa shape index (κ1) is 17.0. The molecule has 2 heteroatoms. The van der Waals surface area contributed by atoms with Crippen molar-refractivity contribution >= 4 is 0 Å². The lowest BCUT2D eigenvalue weighted by molar-refractivity contribution is -0.706. The molecule has 2 N–H and O–H groups in total. The van der Waals surface area contributed by atoms with E-state index in [0.29, 0.717) is 6.61 Å². The van der Waals surface area contributed by atoms with E-state index in [0.717, 1.165) is 18.3 Å². The van der Waals surface area contributed by atoms with Gasteiger partial charge in [-0.25, -0.2) is 0 Å². The Morgan fingerprint density at radius 3 is 2.29 bits per heavy atom. The molecule has 24 heavy (non-hydrogen) atoms. The molecule has 0 spiro atoms. The minimum Gasteiger partial charge on any atom is -0.489 e. The first-order valence-electron chi connectivity index (χ1n) is 9.49. The molecular weight excluding hydrogens is 294 g/mol. The second-order valence-corrected chi connectivity index (χ2v) is 6.97. The molecule has 0 aromatic heterocycles. The minimum absolute atomic E-state index is 0.636. The lowest BCUT2D eigenvalue weighted by Crippen LogP contribution is -2.88. The van der Waals surface area contributed by atoms with Crippen LogP contribution in [0.15, 0.2) is 54.6 Å². The standard InChI is InChI=1S/C22H29NO/c1-2-7-13-21(14-8-3-1)23-17-20-12-9-15-22(16-20)24-18-19-10-5-4-6-11-19/h4-6,9-12,15-16,21,23H,1-3,7-8,13-14,17-18H2/p+1. The first-order valence-corrected chi connectivity index (χ1v) is 9.49. The number of benzene rings is 2. The average molecular weight is 324 g/mol. The molecule has 0 amide bonds. The van der Waals surface area contributed by atoms with E-state index in [1.807, 2.05) is 6.07 Å². The number of rotatable bonds is 6. The molecule has 3 rings (SSSR count). The minimum atomic E-state index is 0.636. The maximum atomic E-state index is 5.95. The Bertz CT molecular complexity index is 588. The third-order valence-electron chi connectivity index (χ3n) is 4.98. The Kier molecular flexibility index (Phi) is 6.73. The highest BCUT2D eigenvalue weighted by atomic mass is 16.5. The molecule has 0 atom stereocenters. The van der Waals surface area contributed by atoms with Crippen molar-refractivity contribution in [2.24, 2.45) is 0 Å². The summed E-state index contributed by atoms with van der Waals surface area (Å²) in [7, 11) is 0. The Hall–Kier alpha value is -1.80. The largest absolute Gasteiger partial charge is 0.489 e. The third kappa shape index (κ3) is 5.68. The molecule has 2 aromatic rings. The number of ether oxygens (including phenoxy) is 1. The second kappa shape index (κ2) is 9.48. The Morgan fingerprint density at radius 2 is 1.50 bits per heavy atom. The van der Waals surface area contributed by atoms with Gasteiger partial charge in [-0.3, -0.25) is 0 Å². The van der Waals surface area contributed by atoms with Crippen LogP contribution in [0.25, 0.3) is 0 Å². The van der Waals surface area contributed by atoms with Crippen molar-refractivity contribution in [2.75, 3.05) is 0 Å². The van der Waals surface area contributed by atoms with Gasteiger partial charge in [0.2, 0.25) is 0 Å². The fourth-order valence-corrected chi connectivity index (χ4v) is 3.53. The predicted molar refractivity (Wildman–Crippen MR) is 99.0 cm³/mol. The van der Waals surface area contributed by atoms with Crippen molar-refractivity contribution in [1.29, 1.82) is 0 Å². The number of nitrogens with two attached hydrogens (primary N) is 1. The number of hydrogen-bond donors (Lipinski definition) is 1. The van der Waals surface area contributed by atoms with Gasteiger partial charge >= 0.3 is 0 Å². The summed E-state index contributed by atoms with van der Waals surface area (Å²) >= 11 is 0. The monoisotopic (exact) mass is 324 g/mol. The lowest BCUT2D eigenvalue weighted by atomic mass is 9.96. The summed E-state index contributed by atoms with van der Waals surface area (Å²) in [6.45, 7) is 1.70. The summed E-state index contributed by atoms with van der Waals surface area (Å²) in [5.41, 5.74) is 2.58. The van der Waals surface area contributed by atoms with Gasteiger partial charge in [-0.15, -0.1) is 0 Å². The highest BCUT2D eigenvalue weighted by molar-refractivity contribution is 5.28. The van der Waals surface area contributed by atoms with Crippen LogP contribution in [0.1, 0.15) is 56.1 Å². The molecule has 1 fully saturated rings. The van der Waals surface area contributed by atoms with Gasteiger partial charge in [0.05, 0.1) is 6.04 Å².